The van der Waals surface area contributed by atoms with Crippen LogP contribution in [-0.4, -0.2) is 0 Å². The van der Waals surface area contributed by atoms with Crippen molar-refractivity contribution in [3.8, 4) is 0 Å². The fourth-order valence-electron chi connectivity index (χ4n) is 4.43. The van der Waals surface area contributed by atoms with Gasteiger partial charge >= 0.3 is 0 Å². The first kappa shape index (κ1) is 6.01. The van der Waals surface area contributed by atoms with E-state index in [1.165, 1.54) is 12.8 Å². The Morgan fingerprint density at radius 1 is 0.583 bits per heavy atom. The summed E-state index contributed by atoms with van der Waals surface area (Å²) in [5.41, 5.74) is 0. The standard InChI is InChI=1S/C12H14/c1-2-8-5-7(1)11-9-3-4-10(6-9)12(8)11/h1-4,7-12H,5-6H2/t7-,8+,9-,10+,11?,12?. The number of fused-ring (bicyclic) bond motifs is 9. The molecule has 62 valence electrons. The fourth-order valence-corrected chi connectivity index (χ4v) is 4.43. The lowest BCUT2D eigenvalue weighted by Crippen LogP contribution is -2.23. The maximum atomic E-state index is 2.50. The van der Waals surface area contributed by atoms with Crippen LogP contribution in [0.15, 0.2) is 24.3 Å². The first-order chi connectivity index (χ1) is 5.93. The maximum absolute atomic E-state index is 2.50. The monoisotopic (exact) mass is 158 g/mol. The highest BCUT2D eigenvalue weighted by Crippen LogP contribution is 2.62. The molecule has 0 saturated heterocycles. The zero-order valence-corrected chi connectivity index (χ0v) is 7.19. The SMILES string of the molecule is C1=C[C@H]2C[C@@H]1C1C2[C@H]2C=C[C@@H]1C2. The van der Waals surface area contributed by atoms with Crippen LogP contribution in [0, 0.1) is 35.5 Å². The maximum Gasteiger partial charge on any atom is -0.0191 e. The van der Waals surface area contributed by atoms with Crippen LogP contribution in [0.5, 0.6) is 0 Å². The number of rotatable bonds is 0. The lowest BCUT2D eigenvalue weighted by Gasteiger charge is -2.28. The minimum Gasteiger partial charge on any atom is -0.0848 e. The smallest absolute Gasteiger partial charge is 0.0191 e. The van der Waals surface area contributed by atoms with E-state index >= 15 is 0 Å². The van der Waals surface area contributed by atoms with Gasteiger partial charge in [-0.2, -0.15) is 0 Å². The Kier molecular flexibility index (Phi) is 0.856. The van der Waals surface area contributed by atoms with Gasteiger partial charge in [0.15, 0.2) is 0 Å². The van der Waals surface area contributed by atoms with Gasteiger partial charge in [0, 0.05) is 0 Å². The van der Waals surface area contributed by atoms with Gasteiger partial charge in [-0.25, -0.2) is 0 Å². The molecule has 4 atom stereocenters. The van der Waals surface area contributed by atoms with Crippen LogP contribution in [0.2, 0.25) is 0 Å². The summed E-state index contributed by atoms with van der Waals surface area (Å²) in [6.07, 6.45) is 13.0. The van der Waals surface area contributed by atoms with Gasteiger partial charge in [0.05, 0.1) is 0 Å². The number of hydrogen-bond acceptors (Lipinski definition) is 0. The predicted octanol–water partition coefficient (Wildman–Crippen LogP) is 2.63. The van der Waals surface area contributed by atoms with Gasteiger partial charge in [-0.1, -0.05) is 24.3 Å². The van der Waals surface area contributed by atoms with E-state index in [-0.39, 0.29) is 0 Å². The molecule has 0 N–H and O–H groups in total. The molecule has 0 unspecified atom stereocenters. The largest absolute Gasteiger partial charge is 0.0848 e. The molecule has 0 aromatic carbocycles. The Morgan fingerprint density at radius 2 is 0.917 bits per heavy atom. The molecule has 0 aromatic heterocycles. The number of allylic oxidation sites excluding steroid dienone is 4. The molecule has 2 fully saturated rings. The molecule has 12 heavy (non-hydrogen) atoms. The molecule has 4 aliphatic carbocycles. The summed E-state index contributed by atoms with van der Waals surface area (Å²) in [5, 5.41) is 0. The van der Waals surface area contributed by atoms with Gasteiger partial charge in [0.25, 0.3) is 0 Å². The molecule has 0 amide bonds. The molecule has 0 heteroatoms. The van der Waals surface area contributed by atoms with E-state index in [0.717, 1.165) is 35.5 Å². The Labute approximate surface area is 73.4 Å². The van der Waals surface area contributed by atoms with Gasteiger partial charge < -0.3 is 0 Å². The van der Waals surface area contributed by atoms with Crippen LogP contribution in [0.4, 0.5) is 0 Å². The van der Waals surface area contributed by atoms with Gasteiger partial charge in [0.2, 0.25) is 0 Å². The van der Waals surface area contributed by atoms with Crippen molar-refractivity contribution in [2.24, 2.45) is 35.5 Å². The molecule has 0 spiro atoms. The van der Waals surface area contributed by atoms with Crippen molar-refractivity contribution in [1.82, 2.24) is 0 Å². The highest BCUT2D eigenvalue weighted by molar-refractivity contribution is 5.25. The van der Waals surface area contributed by atoms with Crippen LogP contribution < -0.4 is 0 Å². The zero-order chi connectivity index (χ0) is 7.71. The molecular formula is C12H14. The second-order valence-corrected chi connectivity index (χ2v) is 5.05. The fraction of sp³-hybridized carbons (Fsp3) is 0.667. The van der Waals surface area contributed by atoms with E-state index in [4.69, 9.17) is 0 Å². The highest BCUT2D eigenvalue weighted by Gasteiger charge is 2.55. The van der Waals surface area contributed by atoms with Crippen molar-refractivity contribution in [1.29, 1.82) is 0 Å². The summed E-state index contributed by atoms with van der Waals surface area (Å²) in [6, 6.07) is 0. The summed E-state index contributed by atoms with van der Waals surface area (Å²) in [5.74, 6) is 6.02. The summed E-state index contributed by atoms with van der Waals surface area (Å²) in [7, 11) is 0. The quantitative estimate of drug-likeness (QED) is 0.375. The third-order valence-electron chi connectivity index (χ3n) is 4.72. The van der Waals surface area contributed by atoms with Crippen LogP contribution in [0.1, 0.15) is 12.8 Å². The Hall–Kier alpha value is -0.520. The first-order valence-corrected chi connectivity index (χ1v) is 5.30. The third-order valence-corrected chi connectivity index (χ3v) is 4.72. The summed E-state index contributed by atoms with van der Waals surface area (Å²) in [4.78, 5) is 0. The molecule has 0 heterocycles. The molecule has 2 saturated carbocycles. The lowest BCUT2D eigenvalue weighted by molar-refractivity contribution is 0.290. The van der Waals surface area contributed by atoms with E-state index in [9.17, 15) is 0 Å². The average molecular weight is 158 g/mol. The molecular weight excluding hydrogens is 144 g/mol. The van der Waals surface area contributed by atoms with E-state index in [2.05, 4.69) is 24.3 Å². The topological polar surface area (TPSA) is 0 Å². The van der Waals surface area contributed by atoms with Gasteiger partial charge in [0.1, 0.15) is 0 Å². The molecule has 0 radical (unpaired) electrons. The number of hydrogen-bond donors (Lipinski definition) is 0. The van der Waals surface area contributed by atoms with Crippen LogP contribution in [-0.2, 0) is 0 Å². The van der Waals surface area contributed by atoms with E-state index in [1.54, 1.807) is 0 Å². The molecule has 0 aromatic rings. The third kappa shape index (κ3) is 0.485. The van der Waals surface area contributed by atoms with Crippen molar-refractivity contribution in [3.05, 3.63) is 24.3 Å². The van der Waals surface area contributed by atoms with Crippen molar-refractivity contribution >= 4 is 0 Å². The minimum atomic E-state index is 0.972. The van der Waals surface area contributed by atoms with E-state index < -0.39 is 0 Å². The van der Waals surface area contributed by atoms with Crippen molar-refractivity contribution < 1.29 is 0 Å². The van der Waals surface area contributed by atoms with Gasteiger partial charge in [-0.3, -0.25) is 0 Å². The Balaban J connectivity index is 1.86. The lowest BCUT2D eigenvalue weighted by atomic mass is 9.76. The Morgan fingerprint density at radius 3 is 1.25 bits per heavy atom. The normalized spacial score (nSPS) is 63.3. The zero-order valence-electron chi connectivity index (χ0n) is 7.19. The van der Waals surface area contributed by atoms with Gasteiger partial charge in [-0.15, -0.1) is 0 Å². The summed E-state index contributed by atoms with van der Waals surface area (Å²) >= 11 is 0. The highest BCUT2D eigenvalue weighted by atomic mass is 14.6. The summed E-state index contributed by atoms with van der Waals surface area (Å²) in [6.45, 7) is 0. The molecule has 0 aliphatic heterocycles. The second kappa shape index (κ2) is 1.71. The van der Waals surface area contributed by atoms with Crippen molar-refractivity contribution in [3.63, 3.8) is 0 Å². The average Bonchev–Trinajstić information content (AvgIpc) is 2.83. The molecule has 4 bridgehead atoms. The molecule has 4 rings (SSSR count). The van der Waals surface area contributed by atoms with Crippen LogP contribution in [0.25, 0.3) is 0 Å². The molecule has 0 nitrogen and oxygen atoms in total. The van der Waals surface area contributed by atoms with Gasteiger partial charge in [-0.05, 0) is 48.3 Å². The van der Waals surface area contributed by atoms with Crippen LogP contribution >= 0.6 is 0 Å². The predicted molar refractivity (Wildman–Crippen MR) is 48.5 cm³/mol. The van der Waals surface area contributed by atoms with Crippen molar-refractivity contribution in [2.75, 3.05) is 0 Å². The molecule has 4 aliphatic rings. The first-order valence-electron chi connectivity index (χ1n) is 5.30. The van der Waals surface area contributed by atoms with Crippen LogP contribution in [0.3, 0.4) is 0 Å². The Bertz CT molecular complexity index is 232. The minimum absolute atomic E-state index is 0.972. The van der Waals surface area contributed by atoms with E-state index in [1.807, 2.05) is 0 Å². The summed E-state index contributed by atoms with van der Waals surface area (Å²) < 4.78 is 0. The van der Waals surface area contributed by atoms with E-state index in [0.29, 0.717) is 0 Å². The second-order valence-electron chi connectivity index (χ2n) is 5.05. The van der Waals surface area contributed by atoms with Crippen molar-refractivity contribution in [2.45, 2.75) is 12.8 Å².